The highest BCUT2D eigenvalue weighted by atomic mass is 16.5. The van der Waals surface area contributed by atoms with Crippen molar-refractivity contribution in [1.82, 2.24) is 14.7 Å². The Kier molecular flexibility index (Phi) is 4.50. The van der Waals surface area contributed by atoms with Crippen molar-refractivity contribution in [3.05, 3.63) is 52.4 Å². The number of methoxy groups -OCH3 is 1. The molecule has 0 unspecified atom stereocenters. The molecule has 0 bridgehead atoms. The lowest BCUT2D eigenvalue weighted by Gasteiger charge is -2.36. The summed E-state index contributed by atoms with van der Waals surface area (Å²) in [4.78, 5) is 27.9. The van der Waals surface area contributed by atoms with Crippen molar-refractivity contribution in [3.8, 4) is 5.75 Å². The van der Waals surface area contributed by atoms with Gasteiger partial charge in [0.15, 0.2) is 0 Å². The normalized spacial score (nSPS) is 14.6. The first kappa shape index (κ1) is 16.0. The summed E-state index contributed by atoms with van der Waals surface area (Å²) in [7, 11) is 3.19. The van der Waals surface area contributed by atoms with E-state index in [2.05, 4.69) is 10.00 Å². The van der Waals surface area contributed by atoms with Gasteiger partial charge in [-0.15, -0.1) is 0 Å². The van der Waals surface area contributed by atoms with Gasteiger partial charge in [-0.25, -0.2) is 4.68 Å². The van der Waals surface area contributed by atoms with Crippen LogP contribution in [0.25, 0.3) is 0 Å². The molecule has 7 heteroatoms. The van der Waals surface area contributed by atoms with Gasteiger partial charge in [0.2, 0.25) is 0 Å². The molecule has 2 heterocycles. The molecule has 126 valence electrons. The van der Waals surface area contributed by atoms with Gasteiger partial charge >= 0.3 is 0 Å². The number of ether oxygens (including phenoxy) is 1. The molecule has 0 N–H and O–H groups in total. The van der Waals surface area contributed by atoms with Crippen molar-refractivity contribution in [3.63, 3.8) is 0 Å². The number of carbonyl (C=O) groups is 1. The summed E-state index contributed by atoms with van der Waals surface area (Å²) < 4.78 is 6.44. The standard InChI is InChI=1S/C17H20N4O3/c1-19-16(22)7-6-15(18-19)17(23)21-10-8-20(9-11-21)13-4-3-5-14(12-13)24-2/h3-7,12H,8-11H2,1-2H3. The van der Waals surface area contributed by atoms with Gasteiger partial charge in [0.05, 0.1) is 7.11 Å². The van der Waals surface area contributed by atoms with Gasteiger partial charge in [-0.3, -0.25) is 9.59 Å². The third-order valence-electron chi connectivity index (χ3n) is 4.16. The van der Waals surface area contributed by atoms with Crippen LogP contribution >= 0.6 is 0 Å². The van der Waals surface area contributed by atoms with E-state index < -0.39 is 0 Å². The van der Waals surface area contributed by atoms with Crippen molar-refractivity contribution in [1.29, 1.82) is 0 Å². The zero-order valence-electron chi connectivity index (χ0n) is 13.8. The van der Waals surface area contributed by atoms with Crippen molar-refractivity contribution in [2.75, 3.05) is 38.2 Å². The number of aryl methyl sites for hydroxylation is 1. The minimum Gasteiger partial charge on any atom is -0.497 e. The number of carbonyl (C=O) groups excluding carboxylic acids is 1. The number of nitrogens with zero attached hydrogens (tertiary/aromatic N) is 4. The molecule has 24 heavy (non-hydrogen) atoms. The van der Waals surface area contributed by atoms with Crippen LogP contribution in [-0.4, -0.2) is 53.9 Å². The second kappa shape index (κ2) is 6.74. The molecule has 7 nitrogen and oxygen atoms in total. The predicted molar refractivity (Wildman–Crippen MR) is 90.6 cm³/mol. The summed E-state index contributed by atoms with van der Waals surface area (Å²) in [5.41, 5.74) is 1.16. The lowest BCUT2D eigenvalue weighted by molar-refractivity contribution is 0.0738. The highest BCUT2D eigenvalue weighted by molar-refractivity contribution is 5.92. The fourth-order valence-corrected chi connectivity index (χ4v) is 2.75. The molecule has 2 aromatic rings. The van der Waals surface area contributed by atoms with Crippen LogP contribution in [0.1, 0.15) is 10.5 Å². The molecule has 1 fully saturated rings. The zero-order valence-corrected chi connectivity index (χ0v) is 13.8. The Morgan fingerprint density at radius 2 is 1.88 bits per heavy atom. The Hall–Kier alpha value is -2.83. The molecule has 1 amide bonds. The molecule has 3 rings (SSSR count). The molecule has 0 radical (unpaired) electrons. The van der Waals surface area contributed by atoms with E-state index in [1.54, 1.807) is 19.1 Å². The number of rotatable bonds is 3. The van der Waals surface area contributed by atoms with E-state index in [0.29, 0.717) is 18.8 Å². The fourth-order valence-electron chi connectivity index (χ4n) is 2.75. The SMILES string of the molecule is COc1cccc(N2CCN(C(=O)c3ccc(=O)n(C)n3)CC2)c1. The third kappa shape index (κ3) is 3.24. The van der Waals surface area contributed by atoms with E-state index in [1.165, 1.54) is 16.8 Å². The van der Waals surface area contributed by atoms with E-state index in [0.717, 1.165) is 24.5 Å². The van der Waals surface area contributed by atoms with E-state index in [9.17, 15) is 9.59 Å². The van der Waals surface area contributed by atoms with Gasteiger partial charge in [-0.2, -0.15) is 5.10 Å². The smallest absolute Gasteiger partial charge is 0.274 e. The summed E-state index contributed by atoms with van der Waals surface area (Å²) >= 11 is 0. The lowest BCUT2D eigenvalue weighted by Crippen LogP contribution is -2.49. The number of aromatic nitrogens is 2. The van der Waals surface area contributed by atoms with Crippen LogP contribution in [0.2, 0.25) is 0 Å². The van der Waals surface area contributed by atoms with Crippen LogP contribution in [0.3, 0.4) is 0 Å². The fraction of sp³-hybridized carbons (Fsp3) is 0.353. The molecule has 1 aliphatic heterocycles. The molecular weight excluding hydrogens is 308 g/mol. The first-order chi connectivity index (χ1) is 11.6. The predicted octanol–water partition coefficient (Wildman–Crippen LogP) is 0.751. The summed E-state index contributed by atoms with van der Waals surface area (Å²) in [6.07, 6.45) is 0. The van der Waals surface area contributed by atoms with Gasteiger partial charge in [0.1, 0.15) is 11.4 Å². The van der Waals surface area contributed by atoms with Crippen LogP contribution in [0.4, 0.5) is 5.69 Å². The molecule has 1 saturated heterocycles. The van der Waals surface area contributed by atoms with E-state index in [4.69, 9.17) is 4.74 Å². The number of benzene rings is 1. The number of hydrogen-bond acceptors (Lipinski definition) is 5. The van der Waals surface area contributed by atoms with Gasteiger partial charge in [-0.05, 0) is 18.2 Å². The van der Waals surface area contributed by atoms with Crippen molar-refractivity contribution in [2.24, 2.45) is 7.05 Å². The topological polar surface area (TPSA) is 67.7 Å². The molecule has 1 aliphatic rings. The van der Waals surface area contributed by atoms with Crippen molar-refractivity contribution >= 4 is 11.6 Å². The second-order valence-corrected chi connectivity index (χ2v) is 5.66. The highest BCUT2D eigenvalue weighted by Gasteiger charge is 2.23. The Morgan fingerprint density at radius 1 is 1.12 bits per heavy atom. The molecule has 1 aromatic carbocycles. The van der Waals surface area contributed by atoms with Crippen LogP contribution < -0.4 is 15.2 Å². The number of amides is 1. The highest BCUT2D eigenvalue weighted by Crippen LogP contribution is 2.22. The van der Waals surface area contributed by atoms with Gasteiger partial charge in [0, 0.05) is 51.0 Å². The average molecular weight is 328 g/mol. The molecule has 0 aliphatic carbocycles. The monoisotopic (exact) mass is 328 g/mol. The van der Waals surface area contributed by atoms with E-state index in [-0.39, 0.29) is 11.5 Å². The minimum atomic E-state index is -0.227. The Morgan fingerprint density at radius 3 is 2.54 bits per heavy atom. The maximum atomic E-state index is 12.5. The molecule has 0 atom stereocenters. The van der Waals surface area contributed by atoms with Crippen LogP contribution in [0.5, 0.6) is 5.75 Å². The maximum Gasteiger partial charge on any atom is 0.274 e. The van der Waals surface area contributed by atoms with E-state index in [1.807, 2.05) is 24.3 Å². The first-order valence-corrected chi connectivity index (χ1v) is 7.81. The van der Waals surface area contributed by atoms with Crippen LogP contribution in [0, 0.1) is 0 Å². The van der Waals surface area contributed by atoms with Gasteiger partial charge < -0.3 is 14.5 Å². The van der Waals surface area contributed by atoms with Crippen molar-refractivity contribution in [2.45, 2.75) is 0 Å². The summed E-state index contributed by atoms with van der Waals surface area (Å²) in [5.74, 6) is 0.677. The number of piperazine rings is 1. The first-order valence-electron chi connectivity index (χ1n) is 7.81. The Labute approximate surface area is 140 Å². The van der Waals surface area contributed by atoms with Crippen LogP contribution in [-0.2, 0) is 7.05 Å². The number of anilines is 1. The Bertz CT molecular complexity index is 794. The molecule has 1 aromatic heterocycles. The van der Waals surface area contributed by atoms with Gasteiger partial charge in [-0.1, -0.05) is 6.07 Å². The summed E-state index contributed by atoms with van der Waals surface area (Å²) in [5, 5.41) is 4.03. The van der Waals surface area contributed by atoms with Gasteiger partial charge in [0.25, 0.3) is 11.5 Å². The molecule has 0 saturated carbocycles. The quantitative estimate of drug-likeness (QED) is 0.832. The summed E-state index contributed by atoms with van der Waals surface area (Å²) in [6, 6.07) is 10.8. The van der Waals surface area contributed by atoms with E-state index >= 15 is 0 Å². The average Bonchev–Trinajstić information content (AvgIpc) is 2.63. The maximum absolute atomic E-state index is 12.5. The molecular formula is C17H20N4O3. The largest absolute Gasteiger partial charge is 0.497 e. The second-order valence-electron chi connectivity index (χ2n) is 5.66. The lowest BCUT2D eigenvalue weighted by atomic mass is 10.2. The molecule has 0 spiro atoms. The number of hydrogen-bond donors (Lipinski definition) is 0. The Balaban J connectivity index is 1.66. The van der Waals surface area contributed by atoms with Crippen molar-refractivity contribution < 1.29 is 9.53 Å². The summed E-state index contributed by atoms with van der Waals surface area (Å²) in [6.45, 7) is 2.70. The third-order valence-corrected chi connectivity index (χ3v) is 4.16. The zero-order chi connectivity index (χ0) is 17.1. The van der Waals surface area contributed by atoms with Crippen LogP contribution in [0.15, 0.2) is 41.2 Å². The minimum absolute atomic E-state index is 0.143.